The Balaban J connectivity index is 2.07. The van der Waals surface area contributed by atoms with Crippen molar-refractivity contribution in [2.45, 2.75) is 6.54 Å². The van der Waals surface area contributed by atoms with Gasteiger partial charge >= 0.3 is 0 Å². The zero-order chi connectivity index (χ0) is 15.9. The molecule has 2 aromatic carbocycles. The Bertz CT molecular complexity index is 655. The predicted molar refractivity (Wildman–Crippen MR) is 90.4 cm³/mol. The molecule has 1 N–H and O–H groups in total. The van der Waals surface area contributed by atoms with E-state index in [1.54, 1.807) is 38.6 Å². The number of halogens is 2. The molecular weight excluding hydrogens is 323 g/mol. The van der Waals surface area contributed by atoms with Crippen molar-refractivity contribution in [1.29, 1.82) is 0 Å². The summed E-state index contributed by atoms with van der Waals surface area (Å²) in [6.45, 7) is 0.432. The van der Waals surface area contributed by atoms with Crippen molar-refractivity contribution in [2.24, 2.45) is 5.10 Å². The van der Waals surface area contributed by atoms with Crippen LogP contribution in [0.4, 0.5) is 0 Å². The summed E-state index contributed by atoms with van der Waals surface area (Å²) in [7, 11) is 3.18. The normalized spacial score (nSPS) is 10.7. The lowest BCUT2D eigenvalue weighted by Gasteiger charge is -2.10. The van der Waals surface area contributed by atoms with Crippen molar-refractivity contribution in [2.75, 3.05) is 14.2 Å². The van der Waals surface area contributed by atoms with Crippen molar-refractivity contribution in [3.05, 3.63) is 57.6 Å². The molecule has 0 atom stereocenters. The third kappa shape index (κ3) is 3.84. The van der Waals surface area contributed by atoms with Gasteiger partial charge in [-0.15, -0.1) is 0 Å². The fourth-order valence-corrected chi connectivity index (χ4v) is 2.49. The van der Waals surface area contributed by atoms with Crippen LogP contribution < -0.4 is 14.9 Å². The van der Waals surface area contributed by atoms with Crippen LogP contribution in [-0.2, 0) is 6.54 Å². The second-order valence-corrected chi connectivity index (χ2v) is 5.19. The van der Waals surface area contributed by atoms with Gasteiger partial charge in [0.2, 0.25) is 0 Å². The maximum absolute atomic E-state index is 6.10. The van der Waals surface area contributed by atoms with E-state index >= 15 is 0 Å². The summed E-state index contributed by atoms with van der Waals surface area (Å²) in [5.74, 6) is 1.28. The van der Waals surface area contributed by atoms with Gasteiger partial charge < -0.3 is 14.9 Å². The summed E-state index contributed by atoms with van der Waals surface area (Å²) in [4.78, 5) is 0. The molecule has 0 amide bonds. The van der Waals surface area contributed by atoms with E-state index in [0.717, 1.165) is 11.1 Å². The fourth-order valence-electron chi connectivity index (χ4n) is 1.95. The first kappa shape index (κ1) is 16.5. The van der Waals surface area contributed by atoms with Gasteiger partial charge in [0.15, 0.2) is 11.5 Å². The Morgan fingerprint density at radius 3 is 2.36 bits per heavy atom. The van der Waals surface area contributed by atoms with Crippen LogP contribution in [0.3, 0.4) is 0 Å². The first-order valence-electron chi connectivity index (χ1n) is 6.57. The lowest BCUT2D eigenvalue weighted by atomic mass is 10.2. The minimum Gasteiger partial charge on any atom is -0.493 e. The van der Waals surface area contributed by atoms with Crippen LogP contribution in [0.15, 0.2) is 41.5 Å². The Morgan fingerprint density at radius 1 is 1.05 bits per heavy atom. The maximum atomic E-state index is 6.10. The third-order valence-electron chi connectivity index (χ3n) is 3.05. The second-order valence-electron chi connectivity index (χ2n) is 4.38. The summed E-state index contributed by atoms with van der Waals surface area (Å²) < 4.78 is 10.6. The third-order valence-corrected chi connectivity index (χ3v) is 3.75. The largest absolute Gasteiger partial charge is 0.493 e. The van der Waals surface area contributed by atoms with Gasteiger partial charge in [-0.1, -0.05) is 35.3 Å². The van der Waals surface area contributed by atoms with Gasteiger partial charge in [-0.05, 0) is 24.3 Å². The molecule has 0 aliphatic heterocycles. The molecule has 0 spiro atoms. The SMILES string of the molecule is COc1cccc(/C=N\NCc2c(Cl)cccc2Cl)c1OC. The summed E-state index contributed by atoms with van der Waals surface area (Å²) >= 11 is 12.2. The van der Waals surface area contributed by atoms with E-state index in [9.17, 15) is 0 Å². The number of nitrogens with zero attached hydrogens (tertiary/aromatic N) is 1. The molecule has 0 aliphatic rings. The smallest absolute Gasteiger partial charge is 0.169 e. The molecule has 0 radical (unpaired) electrons. The molecule has 0 unspecified atom stereocenters. The van der Waals surface area contributed by atoms with Crippen LogP contribution in [0.5, 0.6) is 11.5 Å². The summed E-state index contributed by atoms with van der Waals surface area (Å²) in [6, 6.07) is 11.0. The van der Waals surface area contributed by atoms with Crippen LogP contribution in [0.1, 0.15) is 11.1 Å². The van der Waals surface area contributed by atoms with Gasteiger partial charge in [-0.2, -0.15) is 5.10 Å². The number of para-hydroxylation sites is 1. The molecule has 0 fully saturated rings. The highest BCUT2D eigenvalue weighted by Gasteiger charge is 2.07. The van der Waals surface area contributed by atoms with Crippen LogP contribution in [0, 0.1) is 0 Å². The molecule has 22 heavy (non-hydrogen) atoms. The highest BCUT2D eigenvalue weighted by Crippen LogP contribution is 2.29. The number of nitrogens with one attached hydrogen (secondary N) is 1. The molecule has 0 aliphatic carbocycles. The zero-order valence-corrected chi connectivity index (χ0v) is 13.8. The van der Waals surface area contributed by atoms with Gasteiger partial charge in [0.25, 0.3) is 0 Å². The lowest BCUT2D eigenvalue weighted by Crippen LogP contribution is -2.07. The van der Waals surface area contributed by atoms with Gasteiger partial charge in [-0.25, -0.2) is 0 Å². The van der Waals surface area contributed by atoms with Crippen molar-refractivity contribution >= 4 is 29.4 Å². The summed E-state index contributed by atoms with van der Waals surface area (Å²) in [5, 5.41) is 5.39. The van der Waals surface area contributed by atoms with Crippen LogP contribution in [-0.4, -0.2) is 20.4 Å². The number of rotatable bonds is 6. The molecule has 0 heterocycles. The van der Waals surface area contributed by atoms with Crippen LogP contribution >= 0.6 is 23.2 Å². The summed E-state index contributed by atoms with van der Waals surface area (Å²) in [5.41, 5.74) is 4.54. The van der Waals surface area contributed by atoms with E-state index in [-0.39, 0.29) is 0 Å². The average molecular weight is 339 g/mol. The van der Waals surface area contributed by atoms with Crippen molar-refractivity contribution in [3.8, 4) is 11.5 Å². The molecule has 4 nitrogen and oxygen atoms in total. The zero-order valence-electron chi connectivity index (χ0n) is 12.3. The van der Waals surface area contributed by atoms with E-state index in [2.05, 4.69) is 10.5 Å². The Hall–Kier alpha value is -1.91. The highest BCUT2D eigenvalue weighted by atomic mass is 35.5. The van der Waals surface area contributed by atoms with Crippen LogP contribution in [0.2, 0.25) is 10.0 Å². The molecule has 6 heteroatoms. The first-order chi connectivity index (χ1) is 10.7. The fraction of sp³-hybridized carbons (Fsp3) is 0.188. The maximum Gasteiger partial charge on any atom is 0.169 e. The number of benzene rings is 2. The van der Waals surface area contributed by atoms with E-state index in [0.29, 0.717) is 28.1 Å². The van der Waals surface area contributed by atoms with E-state index in [1.807, 2.05) is 18.2 Å². The molecule has 0 bridgehead atoms. The van der Waals surface area contributed by atoms with Gasteiger partial charge in [0, 0.05) is 21.2 Å². The predicted octanol–water partition coefficient (Wildman–Crippen LogP) is 4.13. The van der Waals surface area contributed by atoms with E-state index in [1.165, 1.54) is 0 Å². The van der Waals surface area contributed by atoms with E-state index in [4.69, 9.17) is 32.7 Å². The second kappa shape index (κ2) is 7.92. The Kier molecular flexibility index (Phi) is 5.92. The Morgan fingerprint density at radius 2 is 1.73 bits per heavy atom. The molecule has 0 aromatic heterocycles. The van der Waals surface area contributed by atoms with Gasteiger partial charge in [0.05, 0.1) is 27.0 Å². The average Bonchev–Trinajstić information content (AvgIpc) is 2.53. The minimum absolute atomic E-state index is 0.432. The highest BCUT2D eigenvalue weighted by molar-refractivity contribution is 6.35. The lowest BCUT2D eigenvalue weighted by molar-refractivity contribution is 0.354. The van der Waals surface area contributed by atoms with Crippen LogP contribution in [0.25, 0.3) is 0 Å². The number of ether oxygens (including phenoxy) is 2. The van der Waals surface area contributed by atoms with E-state index < -0.39 is 0 Å². The molecule has 0 saturated carbocycles. The number of hydrogen-bond donors (Lipinski definition) is 1. The number of hydrogen-bond acceptors (Lipinski definition) is 4. The molecular formula is C16H16Cl2N2O2. The van der Waals surface area contributed by atoms with Crippen molar-refractivity contribution in [3.63, 3.8) is 0 Å². The first-order valence-corrected chi connectivity index (χ1v) is 7.32. The quantitative estimate of drug-likeness (QED) is 0.636. The molecule has 2 aromatic rings. The molecule has 0 saturated heterocycles. The number of hydrazone groups is 1. The summed E-state index contributed by atoms with van der Waals surface area (Å²) in [6.07, 6.45) is 1.66. The number of methoxy groups -OCH3 is 2. The molecule has 116 valence electrons. The topological polar surface area (TPSA) is 42.8 Å². The standard InChI is InChI=1S/C16H16Cl2N2O2/c1-21-15-8-3-5-11(16(15)22-2)9-19-20-10-12-13(17)6-4-7-14(12)18/h3-9,20H,10H2,1-2H3/b19-9-. The van der Waals surface area contributed by atoms with Gasteiger partial charge in [0.1, 0.15) is 0 Å². The van der Waals surface area contributed by atoms with Crippen molar-refractivity contribution in [1.82, 2.24) is 5.43 Å². The molecule has 2 rings (SSSR count). The minimum atomic E-state index is 0.432. The van der Waals surface area contributed by atoms with Crippen molar-refractivity contribution < 1.29 is 9.47 Å². The van der Waals surface area contributed by atoms with Gasteiger partial charge in [-0.3, -0.25) is 0 Å². The Labute approximate surface area is 139 Å². The monoisotopic (exact) mass is 338 g/mol.